The molecule has 0 unspecified atom stereocenters. The van der Waals surface area contributed by atoms with Gasteiger partial charge in [0.25, 0.3) is 5.91 Å². The van der Waals surface area contributed by atoms with Gasteiger partial charge in [-0.15, -0.1) is 0 Å². The summed E-state index contributed by atoms with van der Waals surface area (Å²) in [6, 6.07) is 13.0. The summed E-state index contributed by atoms with van der Waals surface area (Å²) in [4.78, 5) is 43.1. The van der Waals surface area contributed by atoms with E-state index in [0.29, 0.717) is 36.6 Å². The van der Waals surface area contributed by atoms with E-state index in [9.17, 15) is 14.4 Å². The lowest BCUT2D eigenvalue weighted by Gasteiger charge is -2.40. The lowest BCUT2D eigenvalue weighted by molar-refractivity contribution is -0.117. The third-order valence-electron chi connectivity index (χ3n) is 6.29. The van der Waals surface area contributed by atoms with Crippen LogP contribution in [0.15, 0.2) is 42.5 Å². The monoisotopic (exact) mass is 464 g/mol. The standard InChI is InChI=1S/C26H32N4O4/c1-16(2)34-26(33)29-14-17(3)30(18(4)31)23-10-9-21(13-24(23)29)19-5-7-20(8-6-19)25(32)28-12-11-22(27)15-28/h5-10,13,16-17,22H,11-12,14-15,27H2,1-4H3/t17-,22-/m0/s1. The zero-order valence-electron chi connectivity index (χ0n) is 20.2. The number of benzene rings is 2. The topological polar surface area (TPSA) is 96.2 Å². The van der Waals surface area contributed by atoms with E-state index < -0.39 is 6.09 Å². The van der Waals surface area contributed by atoms with Crippen LogP contribution in [0, 0.1) is 0 Å². The highest BCUT2D eigenvalue weighted by atomic mass is 16.6. The van der Waals surface area contributed by atoms with Crippen LogP contribution in [0.4, 0.5) is 16.2 Å². The molecule has 180 valence electrons. The molecule has 34 heavy (non-hydrogen) atoms. The Labute approximate surface area is 200 Å². The van der Waals surface area contributed by atoms with E-state index in [1.54, 1.807) is 14.7 Å². The van der Waals surface area contributed by atoms with Crippen LogP contribution in [-0.2, 0) is 9.53 Å². The summed E-state index contributed by atoms with van der Waals surface area (Å²) in [7, 11) is 0. The highest BCUT2D eigenvalue weighted by Crippen LogP contribution is 2.39. The van der Waals surface area contributed by atoms with Crippen molar-refractivity contribution in [1.82, 2.24) is 4.90 Å². The van der Waals surface area contributed by atoms with Gasteiger partial charge in [0, 0.05) is 38.2 Å². The number of likely N-dealkylation sites (tertiary alicyclic amines) is 1. The Kier molecular flexibility index (Phi) is 6.61. The zero-order valence-corrected chi connectivity index (χ0v) is 20.2. The lowest BCUT2D eigenvalue weighted by atomic mass is 9.99. The number of amides is 3. The minimum Gasteiger partial charge on any atom is -0.446 e. The van der Waals surface area contributed by atoms with Gasteiger partial charge in [-0.05, 0) is 62.6 Å². The van der Waals surface area contributed by atoms with Gasteiger partial charge in [0.15, 0.2) is 0 Å². The Morgan fingerprint density at radius 3 is 2.26 bits per heavy atom. The summed E-state index contributed by atoms with van der Waals surface area (Å²) < 4.78 is 5.47. The van der Waals surface area contributed by atoms with Crippen molar-refractivity contribution in [2.45, 2.75) is 52.3 Å². The maximum atomic E-state index is 12.9. The first-order chi connectivity index (χ1) is 16.2. The molecule has 2 N–H and O–H groups in total. The first-order valence-corrected chi connectivity index (χ1v) is 11.7. The molecule has 2 aromatic carbocycles. The number of hydrogen-bond donors (Lipinski definition) is 1. The van der Waals surface area contributed by atoms with Crippen molar-refractivity contribution in [3.63, 3.8) is 0 Å². The second-order valence-corrected chi connectivity index (χ2v) is 9.36. The van der Waals surface area contributed by atoms with Crippen LogP contribution >= 0.6 is 0 Å². The number of anilines is 2. The number of nitrogens with zero attached hydrogens (tertiary/aromatic N) is 3. The molecule has 8 nitrogen and oxygen atoms in total. The maximum absolute atomic E-state index is 12.9. The molecular formula is C26H32N4O4. The number of nitrogens with two attached hydrogens (primary N) is 1. The molecule has 3 amide bonds. The number of carbonyl (C=O) groups excluding carboxylic acids is 3. The average Bonchev–Trinajstić information content (AvgIpc) is 3.23. The quantitative estimate of drug-likeness (QED) is 0.748. The van der Waals surface area contributed by atoms with Crippen LogP contribution in [0.2, 0.25) is 0 Å². The SMILES string of the molecule is CC(=O)N1c2ccc(-c3ccc(C(=O)N4CC[C@H](N)C4)cc3)cc2N(C(=O)OC(C)C)C[C@@H]1C. The predicted octanol–water partition coefficient (Wildman–Crippen LogP) is 3.63. The van der Waals surface area contributed by atoms with Gasteiger partial charge >= 0.3 is 6.09 Å². The first kappa shape index (κ1) is 23.8. The second kappa shape index (κ2) is 9.46. The molecule has 0 aromatic heterocycles. The van der Waals surface area contributed by atoms with Crippen LogP contribution in [0.3, 0.4) is 0 Å². The van der Waals surface area contributed by atoms with Crippen LogP contribution in [0.25, 0.3) is 11.1 Å². The Bertz CT molecular complexity index is 1100. The van der Waals surface area contributed by atoms with Gasteiger partial charge < -0.3 is 20.3 Å². The highest BCUT2D eigenvalue weighted by molar-refractivity contribution is 6.03. The number of fused-ring (bicyclic) bond motifs is 1. The third-order valence-corrected chi connectivity index (χ3v) is 6.29. The molecule has 2 aliphatic rings. The molecule has 8 heteroatoms. The van der Waals surface area contributed by atoms with Gasteiger partial charge in [-0.25, -0.2) is 4.79 Å². The minimum atomic E-state index is -0.437. The fourth-order valence-electron chi connectivity index (χ4n) is 4.68. The molecule has 2 aliphatic heterocycles. The largest absolute Gasteiger partial charge is 0.446 e. The van der Waals surface area contributed by atoms with Crippen molar-refractivity contribution in [2.24, 2.45) is 5.73 Å². The fraction of sp³-hybridized carbons (Fsp3) is 0.423. The highest BCUT2D eigenvalue weighted by Gasteiger charge is 2.35. The Hall–Kier alpha value is -3.39. The van der Waals surface area contributed by atoms with Crippen molar-refractivity contribution < 1.29 is 19.1 Å². The summed E-state index contributed by atoms with van der Waals surface area (Å²) in [5, 5.41) is 0. The molecule has 0 radical (unpaired) electrons. The Morgan fingerprint density at radius 2 is 1.68 bits per heavy atom. The molecule has 1 fully saturated rings. The molecule has 4 rings (SSSR count). The van der Waals surface area contributed by atoms with E-state index in [1.807, 2.05) is 63.2 Å². The van der Waals surface area contributed by atoms with E-state index in [-0.39, 0.29) is 30.0 Å². The van der Waals surface area contributed by atoms with E-state index in [1.165, 1.54) is 6.92 Å². The van der Waals surface area contributed by atoms with Crippen molar-refractivity contribution in [3.8, 4) is 11.1 Å². The second-order valence-electron chi connectivity index (χ2n) is 9.36. The molecule has 0 spiro atoms. The van der Waals surface area contributed by atoms with Gasteiger partial charge in [-0.1, -0.05) is 18.2 Å². The number of hydrogen-bond acceptors (Lipinski definition) is 5. The van der Waals surface area contributed by atoms with E-state index in [0.717, 1.165) is 17.5 Å². The predicted molar refractivity (Wildman–Crippen MR) is 132 cm³/mol. The zero-order chi connectivity index (χ0) is 24.6. The third kappa shape index (κ3) is 4.63. The Morgan fingerprint density at radius 1 is 1.00 bits per heavy atom. The van der Waals surface area contributed by atoms with Crippen molar-refractivity contribution in [2.75, 3.05) is 29.4 Å². The fourth-order valence-corrected chi connectivity index (χ4v) is 4.68. The summed E-state index contributed by atoms with van der Waals surface area (Å²) in [5.41, 5.74) is 9.64. The maximum Gasteiger partial charge on any atom is 0.414 e. The summed E-state index contributed by atoms with van der Waals surface area (Å²) >= 11 is 0. The number of rotatable bonds is 3. The van der Waals surface area contributed by atoms with E-state index >= 15 is 0 Å². The van der Waals surface area contributed by atoms with Gasteiger partial charge in [0.1, 0.15) is 0 Å². The molecule has 2 atom stereocenters. The molecule has 1 saturated heterocycles. The van der Waals surface area contributed by atoms with Crippen LogP contribution in [-0.4, -0.2) is 60.6 Å². The molecule has 0 bridgehead atoms. The van der Waals surface area contributed by atoms with Crippen molar-refractivity contribution >= 4 is 29.3 Å². The smallest absolute Gasteiger partial charge is 0.414 e. The number of ether oxygens (including phenoxy) is 1. The normalized spacial score (nSPS) is 19.9. The van der Waals surface area contributed by atoms with Crippen LogP contribution in [0.5, 0.6) is 0 Å². The Balaban J connectivity index is 1.66. The summed E-state index contributed by atoms with van der Waals surface area (Å²) in [5.74, 6) is -0.0958. The van der Waals surface area contributed by atoms with Gasteiger partial charge in [-0.3, -0.25) is 14.5 Å². The van der Waals surface area contributed by atoms with E-state index in [2.05, 4.69) is 0 Å². The molecule has 2 heterocycles. The average molecular weight is 465 g/mol. The van der Waals surface area contributed by atoms with E-state index in [4.69, 9.17) is 10.5 Å². The lowest BCUT2D eigenvalue weighted by Crippen LogP contribution is -2.51. The first-order valence-electron chi connectivity index (χ1n) is 11.7. The van der Waals surface area contributed by atoms with Crippen LogP contribution in [0.1, 0.15) is 44.5 Å². The van der Waals surface area contributed by atoms with Crippen LogP contribution < -0.4 is 15.5 Å². The number of carbonyl (C=O) groups is 3. The van der Waals surface area contributed by atoms with Crippen molar-refractivity contribution in [3.05, 3.63) is 48.0 Å². The summed E-state index contributed by atoms with van der Waals surface area (Å²) in [6.07, 6.45) is 0.133. The van der Waals surface area contributed by atoms with Gasteiger partial charge in [0.05, 0.1) is 23.5 Å². The summed E-state index contributed by atoms with van der Waals surface area (Å²) in [6.45, 7) is 8.66. The molecule has 0 aliphatic carbocycles. The van der Waals surface area contributed by atoms with Crippen molar-refractivity contribution in [1.29, 1.82) is 0 Å². The van der Waals surface area contributed by atoms with Gasteiger partial charge in [0.2, 0.25) is 5.91 Å². The molecular weight excluding hydrogens is 432 g/mol. The molecule has 0 saturated carbocycles. The minimum absolute atomic E-state index is 0.0152. The molecule has 2 aromatic rings. The van der Waals surface area contributed by atoms with Gasteiger partial charge in [-0.2, -0.15) is 0 Å².